The van der Waals surface area contributed by atoms with Crippen LogP contribution in [0.25, 0.3) is 0 Å². The fourth-order valence-corrected chi connectivity index (χ4v) is 1.23. The van der Waals surface area contributed by atoms with Crippen LogP contribution in [0.4, 0.5) is 0 Å². The average molecular weight is 208 g/mol. The van der Waals surface area contributed by atoms with Crippen LogP contribution in [0.15, 0.2) is 0 Å². The monoisotopic (exact) mass is 208 g/mol. The molecule has 4 heteroatoms. The Morgan fingerprint density at radius 1 is 0.929 bits per heavy atom. The molecule has 0 unspecified atom stereocenters. The van der Waals surface area contributed by atoms with Gasteiger partial charge in [-0.2, -0.15) is 0 Å². The van der Waals surface area contributed by atoms with Crippen molar-refractivity contribution in [2.24, 2.45) is 0 Å². The number of carbonyl (C=O) groups is 1. The van der Waals surface area contributed by atoms with Gasteiger partial charge in [0.1, 0.15) is 0 Å². The molecule has 0 aliphatic rings. The van der Waals surface area contributed by atoms with Crippen molar-refractivity contribution in [1.82, 2.24) is 0 Å². The molecular weight excluding hydrogens is 184 g/mol. The minimum absolute atomic E-state index is 0. The van der Waals surface area contributed by atoms with Gasteiger partial charge in [-0.05, 0) is 6.42 Å². The summed E-state index contributed by atoms with van der Waals surface area (Å²) in [7, 11) is 0. The summed E-state index contributed by atoms with van der Waals surface area (Å²) in [6.07, 6.45) is 8.64. The molecule has 0 aromatic carbocycles. The van der Waals surface area contributed by atoms with Crippen molar-refractivity contribution in [2.45, 2.75) is 58.3 Å². The van der Waals surface area contributed by atoms with Crippen molar-refractivity contribution in [3.8, 4) is 0 Å². The quantitative estimate of drug-likeness (QED) is 0.612. The molecule has 0 aliphatic carbocycles. The standard InChI is InChI=1S/C10H20O2.2H2O/c1-2-3-4-5-6-7-8-9-10(11)12;;/h2-9H2,1H3,(H,11,12);2*1H2. The minimum atomic E-state index is -0.663. The third-order valence-corrected chi connectivity index (χ3v) is 1.99. The molecule has 0 amide bonds. The van der Waals surface area contributed by atoms with Crippen LogP contribution < -0.4 is 0 Å². The van der Waals surface area contributed by atoms with Crippen molar-refractivity contribution in [3.05, 3.63) is 0 Å². The van der Waals surface area contributed by atoms with Gasteiger partial charge < -0.3 is 16.1 Å². The summed E-state index contributed by atoms with van der Waals surface area (Å²) in [5, 5.41) is 8.35. The molecule has 0 heterocycles. The molecule has 0 bridgehead atoms. The van der Waals surface area contributed by atoms with E-state index in [1.807, 2.05) is 0 Å². The first-order chi connectivity index (χ1) is 5.77. The molecule has 0 aromatic heterocycles. The summed E-state index contributed by atoms with van der Waals surface area (Å²) in [4.78, 5) is 10.1. The number of hydrogen-bond donors (Lipinski definition) is 1. The molecule has 5 N–H and O–H groups in total. The van der Waals surface area contributed by atoms with E-state index in [1.54, 1.807) is 0 Å². The summed E-state index contributed by atoms with van der Waals surface area (Å²) >= 11 is 0. The van der Waals surface area contributed by atoms with Crippen molar-refractivity contribution >= 4 is 5.97 Å². The van der Waals surface area contributed by atoms with Gasteiger partial charge >= 0.3 is 5.97 Å². The van der Waals surface area contributed by atoms with E-state index in [4.69, 9.17) is 5.11 Å². The molecule has 0 aliphatic heterocycles. The zero-order valence-corrected chi connectivity index (χ0v) is 9.01. The maximum Gasteiger partial charge on any atom is 0.303 e. The zero-order chi connectivity index (χ0) is 9.23. The van der Waals surface area contributed by atoms with E-state index in [0.29, 0.717) is 6.42 Å². The fourth-order valence-electron chi connectivity index (χ4n) is 1.23. The van der Waals surface area contributed by atoms with Crippen LogP contribution in [-0.2, 0) is 4.79 Å². The summed E-state index contributed by atoms with van der Waals surface area (Å²) in [5.41, 5.74) is 0. The largest absolute Gasteiger partial charge is 0.481 e. The summed E-state index contributed by atoms with van der Waals surface area (Å²) in [6, 6.07) is 0. The summed E-state index contributed by atoms with van der Waals surface area (Å²) in [5.74, 6) is -0.663. The molecule has 0 spiro atoms. The van der Waals surface area contributed by atoms with Crippen LogP contribution in [0.2, 0.25) is 0 Å². The Balaban J connectivity index is -0.000000605. The van der Waals surface area contributed by atoms with Crippen molar-refractivity contribution in [3.63, 3.8) is 0 Å². The van der Waals surface area contributed by atoms with Crippen LogP contribution in [0, 0.1) is 0 Å². The number of aliphatic carboxylic acids is 1. The number of rotatable bonds is 8. The van der Waals surface area contributed by atoms with Gasteiger partial charge in [-0.25, -0.2) is 0 Å². The first kappa shape index (κ1) is 19.0. The van der Waals surface area contributed by atoms with E-state index in [9.17, 15) is 4.79 Å². The van der Waals surface area contributed by atoms with Gasteiger partial charge in [0.15, 0.2) is 0 Å². The Morgan fingerprint density at radius 3 is 1.79 bits per heavy atom. The van der Waals surface area contributed by atoms with E-state index >= 15 is 0 Å². The SMILES string of the molecule is CCCCCCCCCC(=O)O.O.O. The highest BCUT2D eigenvalue weighted by molar-refractivity contribution is 5.66. The van der Waals surface area contributed by atoms with E-state index in [2.05, 4.69) is 6.92 Å². The normalized spacial score (nSPS) is 8.64. The first-order valence-electron chi connectivity index (χ1n) is 4.99. The molecule has 4 nitrogen and oxygen atoms in total. The molecule has 0 atom stereocenters. The van der Waals surface area contributed by atoms with Gasteiger partial charge in [0.25, 0.3) is 0 Å². The molecule has 0 saturated carbocycles. The molecule has 0 radical (unpaired) electrons. The van der Waals surface area contributed by atoms with Crippen LogP contribution in [0.3, 0.4) is 0 Å². The second-order valence-electron chi connectivity index (χ2n) is 3.27. The third kappa shape index (κ3) is 17.5. The van der Waals surface area contributed by atoms with Gasteiger partial charge in [0.2, 0.25) is 0 Å². The van der Waals surface area contributed by atoms with E-state index in [-0.39, 0.29) is 11.0 Å². The number of unbranched alkanes of at least 4 members (excludes halogenated alkanes) is 6. The lowest BCUT2D eigenvalue weighted by Gasteiger charge is -1.98. The van der Waals surface area contributed by atoms with Gasteiger partial charge in [-0.1, -0.05) is 45.4 Å². The third-order valence-electron chi connectivity index (χ3n) is 1.99. The number of carboxylic acids is 1. The maximum atomic E-state index is 10.1. The Labute approximate surface area is 85.9 Å². The highest BCUT2D eigenvalue weighted by atomic mass is 16.4. The highest BCUT2D eigenvalue weighted by Gasteiger charge is 1.95. The molecule has 0 fully saturated rings. The topological polar surface area (TPSA) is 100 Å². The van der Waals surface area contributed by atoms with E-state index < -0.39 is 5.97 Å². The second kappa shape index (κ2) is 14.9. The molecule has 88 valence electrons. The Hall–Kier alpha value is -0.610. The first-order valence-corrected chi connectivity index (χ1v) is 4.99. The van der Waals surface area contributed by atoms with Crippen LogP contribution in [0.1, 0.15) is 58.3 Å². The molecule has 0 saturated heterocycles. The van der Waals surface area contributed by atoms with Gasteiger partial charge in [-0.15, -0.1) is 0 Å². The van der Waals surface area contributed by atoms with Crippen LogP contribution in [-0.4, -0.2) is 22.0 Å². The van der Waals surface area contributed by atoms with Gasteiger partial charge in [0, 0.05) is 6.42 Å². The predicted octanol–water partition coefficient (Wildman–Crippen LogP) is 1.56. The number of carboxylic acid groups (broad SMARTS) is 1. The maximum absolute atomic E-state index is 10.1. The predicted molar refractivity (Wildman–Crippen MR) is 57.5 cm³/mol. The summed E-state index contributed by atoms with van der Waals surface area (Å²) in [6.45, 7) is 2.20. The van der Waals surface area contributed by atoms with Gasteiger partial charge in [-0.3, -0.25) is 4.79 Å². The lowest BCUT2D eigenvalue weighted by molar-refractivity contribution is -0.137. The lowest BCUT2D eigenvalue weighted by Crippen LogP contribution is -1.93. The van der Waals surface area contributed by atoms with Gasteiger partial charge in [0.05, 0.1) is 0 Å². The molecule has 14 heavy (non-hydrogen) atoms. The Bertz CT molecular complexity index is 115. The van der Waals surface area contributed by atoms with Crippen LogP contribution in [0.5, 0.6) is 0 Å². The fraction of sp³-hybridized carbons (Fsp3) is 0.900. The van der Waals surface area contributed by atoms with E-state index in [1.165, 1.54) is 32.1 Å². The van der Waals surface area contributed by atoms with Crippen molar-refractivity contribution < 1.29 is 20.9 Å². The Kier molecular flexibility index (Phi) is 20.3. The lowest BCUT2D eigenvalue weighted by atomic mass is 10.1. The van der Waals surface area contributed by atoms with Crippen molar-refractivity contribution in [2.75, 3.05) is 0 Å². The van der Waals surface area contributed by atoms with E-state index in [0.717, 1.165) is 12.8 Å². The zero-order valence-electron chi connectivity index (χ0n) is 9.01. The molecular formula is C10H24O4. The molecule has 0 rings (SSSR count). The Morgan fingerprint density at radius 2 is 1.36 bits per heavy atom. The smallest absolute Gasteiger partial charge is 0.303 e. The number of hydrogen-bond acceptors (Lipinski definition) is 1. The molecule has 0 aromatic rings. The van der Waals surface area contributed by atoms with Crippen LogP contribution >= 0.6 is 0 Å². The summed E-state index contributed by atoms with van der Waals surface area (Å²) < 4.78 is 0. The minimum Gasteiger partial charge on any atom is -0.481 e. The van der Waals surface area contributed by atoms with Crippen molar-refractivity contribution in [1.29, 1.82) is 0 Å². The average Bonchev–Trinajstić information content (AvgIpc) is 2.02. The second-order valence-corrected chi connectivity index (χ2v) is 3.27. The highest BCUT2D eigenvalue weighted by Crippen LogP contribution is 2.07.